The van der Waals surface area contributed by atoms with Gasteiger partial charge in [0, 0.05) is 11.5 Å². The molecule has 1 aliphatic rings. The van der Waals surface area contributed by atoms with Gasteiger partial charge >= 0.3 is 0 Å². The second kappa shape index (κ2) is 7.54. The molecule has 4 rings (SSSR count). The Hall–Kier alpha value is -3.42. The van der Waals surface area contributed by atoms with Crippen LogP contribution in [0.1, 0.15) is 34.8 Å². The van der Waals surface area contributed by atoms with Gasteiger partial charge in [0.2, 0.25) is 0 Å². The normalized spacial score (nSPS) is 13.2. The predicted octanol–water partition coefficient (Wildman–Crippen LogP) is 4.50. The summed E-state index contributed by atoms with van der Waals surface area (Å²) in [6.07, 6.45) is 1.90. The highest BCUT2D eigenvalue weighted by Gasteiger charge is 2.32. The number of benzene rings is 2. The van der Waals surface area contributed by atoms with Gasteiger partial charge in [0.25, 0.3) is 5.91 Å². The van der Waals surface area contributed by atoms with Crippen LogP contribution < -0.4 is 14.8 Å². The number of carbonyl (C=O) groups is 1. The van der Waals surface area contributed by atoms with E-state index in [1.54, 1.807) is 18.2 Å². The molecule has 8 heteroatoms. The first-order valence-electron chi connectivity index (χ1n) is 9.09. The van der Waals surface area contributed by atoms with Crippen LogP contribution in [0, 0.1) is 11.6 Å². The zero-order valence-corrected chi connectivity index (χ0v) is 15.9. The minimum Gasteiger partial charge on any atom is -0.493 e. The van der Waals surface area contributed by atoms with E-state index in [1.807, 2.05) is 0 Å². The molecule has 0 saturated heterocycles. The van der Waals surface area contributed by atoms with Crippen LogP contribution in [0.5, 0.6) is 11.5 Å². The predicted molar refractivity (Wildman–Crippen MR) is 103 cm³/mol. The topological polar surface area (TPSA) is 76.2 Å². The van der Waals surface area contributed by atoms with Gasteiger partial charge in [-0.1, -0.05) is 6.07 Å². The molecule has 0 radical (unpaired) electrons. The van der Waals surface area contributed by atoms with Crippen LogP contribution in [0.25, 0.3) is 11.3 Å². The minimum absolute atomic E-state index is 0.220. The SMILES string of the molecule is COc1ccc(-c2n[nH]c(C3CC3)c2NC(=O)c2c(F)cccc2F)cc1OC. The van der Waals surface area contributed by atoms with Crippen molar-refractivity contribution in [3.8, 4) is 22.8 Å². The summed E-state index contributed by atoms with van der Waals surface area (Å²) in [5, 5.41) is 9.97. The summed E-state index contributed by atoms with van der Waals surface area (Å²) in [7, 11) is 3.05. The summed E-state index contributed by atoms with van der Waals surface area (Å²) in [4.78, 5) is 12.7. The standard InChI is InChI=1S/C21H19F2N3O3/c1-28-15-9-8-12(10-16(15)29-2)19-20(18(25-26-19)11-6-7-11)24-21(27)17-13(22)4-3-5-14(17)23/h3-5,8-11H,6-7H2,1-2H3,(H,24,27)(H,25,26). The smallest absolute Gasteiger partial charge is 0.261 e. The van der Waals surface area contributed by atoms with Crippen LogP contribution in [-0.2, 0) is 0 Å². The fourth-order valence-electron chi connectivity index (χ4n) is 3.23. The average molecular weight is 399 g/mol. The molecule has 0 bridgehead atoms. The van der Waals surface area contributed by atoms with Gasteiger partial charge in [0.15, 0.2) is 11.5 Å². The lowest BCUT2D eigenvalue weighted by molar-refractivity contribution is 0.101. The Morgan fingerprint density at radius 3 is 2.41 bits per heavy atom. The summed E-state index contributed by atoms with van der Waals surface area (Å²) in [5.41, 5.74) is 1.63. The van der Waals surface area contributed by atoms with Crippen molar-refractivity contribution >= 4 is 11.6 Å². The maximum absolute atomic E-state index is 14.1. The van der Waals surface area contributed by atoms with E-state index in [1.165, 1.54) is 20.3 Å². The number of methoxy groups -OCH3 is 2. The van der Waals surface area contributed by atoms with Crippen molar-refractivity contribution in [1.82, 2.24) is 10.2 Å². The van der Waals surface area contributed by atoms with Crippen LogP contribution in [0.15, 0.2) is 36.4 Å². The molecule has 6 nitrogen and oxygen atoms in total. The Morgan fingerprint density at radius 1 is 1.10 bits per heavy atom. The number of ether oxygens (including phenoxy) is 2. The number of H-pyrrole nitrogens is 1. The second-order valence-corrected chi connectivity index (χ2v) is 6.76. The van der Waals surface area contributed by atoms with Crippen LogP contribution in [0.2, 0.25) is 0 Å². The van der Waals surface area contributed by atoms with E-state index in [0.717, 1.165) is 30.7 Å². The van der Waals surface area contributed by atoms with Crippen molar-refractivity contribution in [2.45, 2.75) is 18.8 Å². The van der Waals surface area contributed by atoms with E-state index in [0.29, 0.717) is 28.4 Å². The molecule has 1 aromatic heterocycles. The first kappa shape index (κ1) is 18.9. The number of aromatic nitrogens is 2. The highest BCUT2D eigenvalue weighted by molar-refractivity contribution is 6.07. The lowest BCUT2D eigenvalue weighted by atomic mass is 10.1. The molecule has 1 aliphatic carbocycles. The molecule has 0 aliphatic heterocycles. The molecule has 1 heterocycles. The molecule has 1 saturated carbocycles. The summed E-state index contributed by atoms with van der Waals surface area (Å²) in [5.74, 6) is -1.45. The lowest BCUT2D eigenvalue weighted by Crippen LogP contribution is -2.17. The molecule has 1 amide bonds. The van der Waals surface area contributed by atoms with Crippen molar-refractivity contribution in [3.63, 3.8) is 0 Å². The van der Waals surface area contributed by atoms with E-state index in [2.05, 4.69) is 15.5 Å². The largest absolute Gasteiger partial charge is 0.493 e. The zero-order chi connectivity index (χ0) is 20.5. The van der Waals surface area contributed by atoms with Gasteiger partial charge in [0.05, 0.1) is 25.6 Å². The number of carbonyl (C=O) groups excluding carboxylic acids is 1. The van der Waals surface area contributed by atoms with Gasteiger partial charge in [-0.05, 0) is 43.2 Å². The maximum Gasteiger partial charge on any atom is 0.261 e. The van der Waals surface area contributed by atoms with Gasteiger partial charge in [-0.15, -0.1) is 0 Å². The molecule has 150 valence electrons. The van der Waals surface area contributed by atoms with E-state index >= 15 is 0 Å². The molecule has 29 heavy (non-hydrogen) atoms. The highest BCUT2D eigenvalue weighted by Crippen LogP contribution is 2.46. The van der Waals surface area contributed by atoms with Crippen molar-refractivity contribution in [2.75, 3.05) is 19.5 Å². The second-order valence-electron chi connectivity index (χ2n) is 6.76. The molecule has 0 atom stereocenters. The molecule has 2 aromatic carbocycles. The number of rotatable bonds is 6. The Morgan fingerprint density at radius 2 is 1.79 bits per heavy atom. The Bertz CT molecular complexity index is 1060. The third-order valence-electron chi connectivity index (χ3n) is 4.87. The fourth-order valence-corrected chi connectivity index (χ4v) is 3.23. The average Bonchev–Trinajstić information content (AvgIpc) is 3.48. The summed E-state index contributed by atoms with van der Waals surface area (Å²) >= 11 is 0. The monoisotopic (exact) mass is 399 g/mol. The third-order valence-corrected chi connectivity index (χ3v) is 4.87. The number of anilines is 1. The molecular weight excluding hydrogens is 380 g/mol. The van der Waals surface area contributed by atoms with Crippen molar-refractivity contribution < 1.29 is 23.0 Å². The lowest BCUT2D eigenvalue weighted by Gasteiger charge is -2.11. The Kier molecular flexibility index (Phi) is 4.92. The minimum atomic E-state index is -0.924. The number of amides is 1. The zero-order valence-electron chi connectivity index (χ0n) is 15.9. The van der Waals surface area contributed by atoms with Gasteiger partial charge in [-0.3, -0.25) is 9.89 Å². The molecule has 2 N–H and O–H groups in total. The van der Waals surface area contributed by atoms with Crippen LogP contribution in [0.3, 0.4) is 0 Å². The van der Waals surface area contributed by atoms with Crippen LogP contribution >= 0.6 is 0 Å². The molecule has 0 spiro atoms. The highest BCUT2D eigenvalue weighted by atomic mass is 19.1. The van der Waals surface area contributed by atoms with Gasteiger partial charge in [0.1, 0.15) is 22.9 Å². The Balaban J connectivity index is 1.76. The number of nitrogens with one attached hydrogen (secondary N) is 2. The number of nitrogens with zero attached hydrogens (tertiary/aromatic N) is 1. The number of aromatic amines is 1. The maximum atomic E-state index is 14.1. The third kappa shape index (κ3) is 3.53. The molecule has 0 unspecified atom stereocenters. The van der Waals surface area contributed by atoms with Crippen molar-refractivity contribution in [2.24, 2.45) is 0 Å². The van der Waals surface area contributed by atoms with Gasteiger partial charge < -0.3 is 14.8 Å². The molecule has 3 aromatic rings. The van der Waals surface area contributed by atoms with Gasteiger partial charge in [-0.25, -0.2) is 8.78 Å². The first-order valence-corrected chi connectivity index (χ1v) is 9.09. The van der Waals surface area contributed by atoms with Gasteiger partial charge in [-0.2, -0.15) is 5.10 Å². The van der Waals surface area contributed by atoms with Crippen molar-refractivity contribution in [1.29, 1.82) is 0 Å². The summed E-state index contributed by atoms with van der Waals surface area (Å²) in [6.45, 7) is 0. The van der Waals surface area contributed by atoms with Crippen molar-refractivity contribution in [3.05, 3.63) is 59.3 Å². The van der Waals surface area contributed by atoms with E-state index in [9.17, 15) is 13.6 Å². The van der Waals surface area contributed by atoms with Crippen LogP contribution in [-0.4, -0.2) is 30.3 Å². The fraction of sp³-hybridized carbons (Fsp3) is 0.238. The first-order chi connectivity index (χ1) is 14.0. The summed E-state index contributed by atoms with van der Waals surface area (Å²) < 4.78 is 38.7. The molecule has 1 fully saturated rings. The van der Waals surface area contributed by atoms with Crippen LogP contribution in [0.4, 0.5) is 14.5 Å². The van der Waals surface area contributed by atoms with E-state index in [-0.39, 0.29) is 5.92 Å². The number of hydrogen-bond donors (Lipinski definition) is 2. The van der Waals surface area contributed by atoms with E-state index in [4.69, 9.17) is 9.47 Å². The molecular formula is C21H19F2N3O3. The quantitative estimate of drug-likeness (QED) is 0.640. The van der Waals surface area contributed by atoms with E-state index < -0.39 is 23.1 Å². The Labute approximate surface area is 165 Å². The number of halogens is 2. The number of hydrogen-bond acceptors (Lipinski definition) is 4. The summed E-state index contributed by atoms with van der Waals surface area (Å²) in [6, 6.07) is 8.53.